The van der Waals surface area contributed by atoms with Gasteiger partial charge in [0.25, 0.3) is 0 Å². The van der Waals surface area contributed by atoms with Crippen molar-refractivity contribution in [3.05, 3.63) is 70.4 Å². The topological polar surface area (TPSA) is 40.6 Å². The molecule has 4 heteroatoms. The first-order valence-corrected chi connectivity index (χ1v) is 12.2. The zero-order chi connectivity index (χ0) is 23.9. The number of allylic oxidation sites excluding steroid dienone is 2. The molecule has 4 nitrogen and oxygen atoms in total. The highest BCUT2D eigenvalue weighted by molar-refractivity contribution is 6.07. The summed E-state index contributed by atoms with van der Waals surface area (Å²) in [5.41, 5.74) is 7.02. The summed E-state index contributed by atoms with van der Waals surface area (Å²) in [7, 11) is 0. The Morgan fingerprint density at radius 3 is 2.21 bits per heavy atom. The highest BCUT2D eigenvalue weighted by Crippen LogP contribution is 2.48. The van der Waals surface area contributed by atoms with E-state index in [4.69, 9.17) is 0 Å². The summed E-state index contributed by atoms with van der Waals surface area (Å²) in [5, 5.41) is 0. The standard InChI is InChI=1S/C29H36N2O2/c1-7-30(8-2)22-13-10-21(11-14-22)24-16-27(33)31(23-12-9-19(3)20(4)15-23)25-17-29(5,6)18-26(32)28(24)25/h9-15,24H,7-8,16-18H2,1-6H3. The second kappa shape index (κ2) is 8.81. The van der Waals surface area contributed by atoms with Crippen LogP contribution in [0.1, 0.15) is 69.6 Å². The number of benzene rings is 2. The van der Waals surface area contributed by atoms with Crippen molar-refractivity contribution >= 4 is 23.1 Å². The third-order valence-corrected chi connectivity index (χ3v) is 7.32. The number of rotatable bonds is 5. The van der Waals surface area contributed by atoms with E-state index < -0.39 is 0 Å². The molecular formula is C29H36N2O2. The molecule has 4 rings (SSSR count). The molecule has 0 saturated carbocycles. The lowest BCUT2D eigenvalue weighted by atomic mass is 9.69. The summed E-state index contributed by atoms with van der Waals surface area (Å²) in [5.74, 6) is 0.0744. The van der Waals surface area contributed by atoms with Crippen LogP contribution in [0, 0.1) is 19.3 Å². The van der Waals surface area contributed by atoms with Gasteiger partial charge in [-0.05, 0) is 80.5 Å². The maximum atomic E-state index is 13.6. The third kappa shape index (κ3) is 4.36. The molecule has 0 fully saturated rings. The summed E-state index contributed by atoms with van der Waals surface area (Å²) in [6.45, 7) is 14.6. The fraction of sp³-hybridized carbons (Fsp3) is 0.448. The van der Waals surface area contributed by atoms with Gasteiger partial charge in [-0.2, -0.15) is 0 Å². The van der Waals surface area contributed by atoms with E-state index in [1.165, 1.54) is 11.3 Å². The number of anilines is 2. The van der Waals surface area contributed by atoms with Crippen LogP contribution in [0.15, 0.2) is 53.7 Å². The van der Waals surface area contributed by atoms with Gasteiger partial charge in [-0.15, -0.1) is 0 Å². The van der Waals surface area contributed by atoms with Crippen LogP contribution in [0.25, 0.3) is 0 Å². The number of ketones is 1. The molecule has 174 valence electrons. The zero-order valence-corrected chi connectivity index (χ0v) is 20.9. The number of hydrogen-bond acceptors (Lipinski definition) is 3. The van der Waals surface area contributed by atoms with Gasteiger partial charge in [-0.25, -0.2) is 0 Å². The molecular weight excluding hydrogens is 408 g/mol. The lowest BCUT2D eigenvalue weighted by molar-refractivity contribution is -0.121. The van der Waals surface area contributed by atoms with Gasteiger partial charge in [0.15, 0.2) is 5.78 Å². The molecule has 0 saturated heterocycles. The molecule has 1 aliphatic heterocycles. The number of hydrogen-bond donors (Lipinski definition) is 0. The molecule has 0 N–H and O–H groups in total. The average molecular weight is 445 g/mol. The van der Waals surface area contributed by atoms with Crippen molar-refractivity contribution in [3.8, 4) is 0 Å². The fourth-order valence-electron chi connectivity index (χ4n) is 5.37. The first-order chi connectivity index (χ1) is 15.6. The van der Waals surface area contributed by atoms with Crippen molar-refractivity contribution in [3.63, 3.8) is 0 Å². The maximum absolute atomic E-state index is 13.6. The Morgan fingerprint density at radius 1 is 0.939 bits per heavy atom. The number of carbonyl (C=O) groups excluding carboxylic acids is 2. The summed E-state index contributed by atoms with van der Waals surface area (Å²) in [4.78, 5) is 31.2. The quantitative estimate of drug-likeness (QED) is 0.542. The Morgan fingerprint density at radius 2 is 1.61 bits per heavy atom. The van der Waals surface area contributed by atoms with Crippen LogP contribution in [0.3, 0.4) is 0 Å². The monoisotopic (exact) mass is 444 g/mol. The van der Waals surface area contributed by atoms with Gasteiger partial charge in [0.05, 0.1) is 0 Å². The van der Waals surface area contributed by atoms with E-state index in [0.29, 0.717) is 12.8 Å². The molecule has 0 spiro atoms. The number of aryl methyl sites for hydroxylation is 2. The minimum absolute atomic E-state index is 0.0697. The Kier molecular flexibility index (Phi) is 6.22. The second-order valence-electron chi connectivity index (χ2n) is 10.3. The smallest absolute Gasteiger partial charge is 0.232 e. The molecule has 1 unspecified atom stereocenters. The van der Waals surface area contributed by atoms with E-state index in [2.05, 4.69) is 82.8 Å². The first-order valence-electron chi connectivity index (χ1n) is 12.2. The molecule has 2 aliphatic rings. The van der Waals surface area contributed by atoms with Crippen molar-refractivity contribution in [1.29, 1.82) is 0 Å². The van der Waals surface area contributed by atoms with Crippen molar-refractivity contribution < 1.29 is 9.59 Å². The average Bonchev–Trinajstić information content (AvgIpc) is 2.76. The Labute approximate surface area is 198 Å². The molecule has 2 aromatic carbocycles. The van der Waals surface area contributed by atoms with Gasteiger partial charge in [0, 0.05) is 54.5 Å². The van der Waals surface area contributed by atoms with Gasteiger partial charge in [-0.1, -0.05) is 32.0 Å². The summed E-state index contributed by atoms with van der Waals surface area (Å²) >= 11 is 0. The minimum Gasteiger partial charge on any atom is -0.372 e. The van der Waals surface area contributed by atoms with Gasteiger partial charge < -0.3 is 4.90 Å². The van der Waals surface area contributed by atoms with Crippen LogP contribution in [-0.4, -0.2) is 24.8 Å². The van der Waals surface area contributed by atoms with Crippen molar-refractivity contribution in [1.82, 2.24) is 0 Å². The van der Waals surface area contributed by atoms with Gasteiger partial charge >= 0.3 is 0 Å². The number of Topliss-reactive ketones (excluding diaryl/α,β-unsaturated/α-hetero) is 1. The Bertz CT molecular complexity index is 1110. The predicted molar refractivity (Wildman–Crippen MR) is 136 cm³/mol. The molecule has 0 bridgehead atoms. The van der Waals surface area contributed by atoms with Gasteiger partial charge in [0.2, 0.25) is 5.91 Å². The molecule has 0 radical (unpaired) electrons. The predicted octanol–water partition coefficient (Wildman–Crippen LogP) is 6.31. The van der Waals surface area contributed by atoms with E-state index in [-0.39, 0.29) is 23.0 Å². The van der Waals surface area contributed by atoms with E-state index in [1.54, 1.807) is 0 Å². The van der Waals surface area contributed by atoms with E-state index in [0.717, 1.165) is 47.6 Å². The Hall–Kier alpha value is -2.88. The normalized spacial score (nSPS) is 20.2. The highest BCUT2D eigenvalue weighted by Gasteiger charge is 2.44. The number of carbonyl (C=O) groups is 2. The first kappa shape index (κ1) is 23.3. The van der Waals surface area contributed by atoms with Crippen molar-refractivity contribution in [2.24, 2.45) is 5.41 Å². The summed E-state index contributed by atoms with van der Waals surface area (Å²) < 4.78 is 0. The van der Waals surface area contributed by atoms with Crippen molar-refractivity contribution in [2.45, 2.75) is 66.7 Å². The third-order valence-electron chi connectivity index (χ3n) is 7.32. The lowest BCUT2D eigenvalue weighted by Crippen LogP contribution is -2.43. The SMILES string of the molecule is CCN(CC)c1ccc(C2CC(=O)N(c3ccc(C)c(C)c3)C3=C2C(=O)CC(C)(C)C3)cc1. The zero-order valence-electron chi connectivity index (χ0n) is 20.9. The van der Waals surface area contributed by atoms with Crippen LogP contribution in [0.2, 0.25) is 0 Å². The van der Waals surface area contributed by atoms with Gasteiger partial charge in [0.1, 0.15) is 0 Å². The second-order valence-corrected chi connectivity index (χ2v) is 10.3. The molecule has 2 aromatic rings. The molecule has 1 atom stereocenters. The van der Waals surface area contributed by atoms with E-state index in [9.17, 15) is 9.59 Å². The van der Waals surface area contributed by atoms with Crippen molar-refractivity contribution in [2.75, 3.05) is 22.9 Å². The molecule has 0 aromatic heterocycles. The maximum Gasteiger partial charge on any atom is 0.232 e. The molecule has 33 heavy (non-hydrogen) atoms. The van der Waals surface area contributed by atoms with Crippen LogP contribution in [-0.2, 0) is 9.59 Å². The number of nitrogens with zero attached hydrogens (tertiary/aromatic N) is 2. The molecule has 1 amide bonds. The molecule has 1 heterocycles. The largest absolute Gasteiger partial charge is 0.372 e. The minimum atomic E-state index is -0.176. The van der Waals surface area contributed by atoms with Crippen LogP contribution >= 0.6 is 0 Å². The van der Waals surface area contributed by atoms with Crippen LogP contribution in [0.5, 0.6) is 0 Å². The van der Waals surface area contributed by atoms with Gasteiger partial charge in [-0.3, -0.25) is 14.5 Å². The summed E-state index contributed by atoms with van der Waals surface area (Å²) in [6, 6.07) is 14.6. The van der Waals surface area contributed by atoms with E-state index in [1.807, 2.05) is 11.0 Å². The van der Waals surface area contributed by atoms with Crippen LogP contribution in [0.4, 0.5) is 11.4 Å². The Balaban J connectivity index is 1.81. The fourth-order valence-corrected chi connectivity index (χ4v) is 5.37. The highest BCUT2D eigenvalue weighted by atomic mass is 16.2. The molecule has 1 aliphatic carbocycles. The summed E-state index contributed by atoms with van der Waals surface area (Å²) in [6.07, 6.45) is 1.57. The lowest BCUT2D eigenvalue weighted by Gasteiger charge is -2.43. The number of amides is 1. The van der Waals surface area contributed by atoms with E-state index >= 15 is 0 Å². The van der Waals surface area contributed by atoms with Crippen LogP contribution < -0.4 is 9.80 Å².